The Morgan fingerprint density at radius 1 is 1.27 bits per heavy atom. The molecule has 0 aliphatic carbocycles. The number of likely N-dealkylation sites (tertiary alicyclic amines) is 1. The van der Waals surface area contributed by atoms with Crippen molar-refractivity contribution in [3.05, 3.63) is 29.3 Å². The summed E-state index contributed by atoms with van der Waals surface area (Å²) in [5.41, 5.74) is 1.20. The van der Waals surface area contributed by atoms with E-state index in [-0.39, 0.29) is 0 Å². The van der Waals surface area contributed by atoms with Crippen LogP contribution in [-0.4, -0.2) is 63.2 Å². The van der Waals surface area contributed by atoms with Crippen molar-refractivity contribution in [1.29, 1.82) is 0 Å². The van der Waals surface area contributed by atoms with Crippen molar-refractivity contribution in [2.24, 2.45) is 10.9 Å². The number of benzene rings is 1. The van der Waals surface area contributed by atoms with Crippen LogP contribution in [0.25, 0.3) is 0 Å². The summed E-state index contributed by atoms with van der Waals surface area (Å²) in [6.45, 7) is 8.33. The highest BCUT2D eigenvalue weighted by Crippen LogP contribution is 2.23. The number of guanidine groups is 1. The predicted octanol–water partition coefficient (Wildman–Crippen LogP) is 2.82. The Hall–Kier alpha value is -1.46. The highest BCUT2D eigenvalue weighted by atomic mass is 35.5. The van der Waals surface area contributed by atoms with Gasteiger partial charge in [-0.25, -0.2) is 0 Å². The molecule has 0 bridgehead atoms. The fraction of sp³-hybridized carbons (Fsp3) is 0.650. The standard InChI is InChI=1S/C20H32ClN5/c1-3-22-20(23-13-16-6-5-10-25(2)14-16)24-18-9-11-26(15-18)19-8-4-7-17(21)12-19/h4,7-8,12,16,18H,3,5-6,9-11,13-15H2,1-2H3,(H2,22,23,24). The number of rotatable bonds is 5. The van der Waals surface area contributed by atoms with Gasteiger partial charge in [-0.3, -0.25) is 4.99 Å². The zero-order chi connectivity index (χ0) is 18.4. The van der Waals surface area contributed by atoms with Crippen molar-refractivity contribution >= 4 is 23.2 Å². The van der Waals surface area contributed by atoms with E-state index in [0.29, 0.717) is 12.0 Å². The molecule has 2 atom stereocenters. The second kappa shape index (κ2) is 9.47. The minimum atomic E-state index is 0.417. The molecule has 2 fully saturated rings. The third kappa shape index (κ3) is 5.52. The van der Waals surface area contributed by atoms with E-state index in [9.17, 15) is 0 Å². The molecule has 2 aliphatic heterocycles. The van der Waals surface area contributed by atoms with Crippen LogP contribution < -0.4 is 15.5 Å². The van der Waals surface area contributed by atoms with Crippen molar-refractivity contribution in [3.63, 3.8) is 0 Å². The Labute approximate surface area is 162 Å². The molecule has 144 valence electrons. The number of aliphatic imine (C=N–C) groups is 1. The number of hydrogen-bond donors (Lipinski definition) is 2. The van der Waals surface area contributed by atoms with Crippen molar-refractivity contribution in [2.75, 3.05) is 51.2 Å². The first-order valence-electron chi connectivity index (χ1n) is 9.88. The Morgan fingerprint density at radius 3 is 2.92 bits per heavy atom. The second-order valence-electron chi connectivity index (χ2n) is 7.55. The van der Waals surface area contributed by atoms with Crippen LogP contribution in [0.4, 0.5) is 5.69 Å². The molecule has 2 saturated heterocycles. The number of nitrogens with zero attached hydrogens (tertiary/aromatic N) is 3. The van der Waals surface area contributed by atoms with Gasteiger partial charge in [0.25, 0.3) is 0 Å². The van der Waals surface area contributed by atoms with Crippen LogP contribution in [0.5, 0.6) is 0 Å². The lowest BCUT2D eigenvalue weighted by molar-refractivity contribution is 0.214. The molecule has 1 aromatic carbocycles. The van der Waals surface area contributed by atoms with E-state index < -0.39 is 0 Å². The first kappa shape index (κ1) is 19.3. The van der Waals surface area contributed by atoms with E-state index in [1.54, 1.807) is 0 Å². The largest absolute Gasteiger partial charge is 0.369 e. The molecule has 2 heterocycles. The molecule has 0 amide bonds. The fourth-order valence-corrected chi connectivity index (χ4v) is 4.13. The summed E-state index contributed by atoms with van der Waals surface area (Å²) in [5.74, 6) is 1.63. The summed E-state index contributed by atoms with van der Waals surface area (Å²) in [6, 6.07) is 8.54. The summed E-state index contributed by atoms with van der Waals surface area (Å²) in [6.07, 6.45) is 3.69. The maximum absolute atomic E-state index is 6.14. The van der Waals surface area contributed by atoms with Crippen LogP contribution in [0.2, 0.25) is 5.02 Å². The van der Waals surface area contributed by atoms with Crippen molar-refractivity contribution in [3.8, 4) is 0 Å². The predicted molar refractivity (Wildman–Crippen MR) is 111 cm³/mol. The average Bonchev–Trinajstić information content (AvgIpc) is 3.09. The van der Waals surface area contributed by atoms with Crippen molar-refractivity contribution in [2.45, 2.75) is 32.2 Å². The molecule has 0 saturated carbocycles. The Kier molecular flexibility index (Phi) is 7.03. The third-order valence-corrected chi connectivity index (χ3v) is 5.51. The van der Waals surface area contributed by atoms with Crippen molar-refractivity contribution < 1.29 is 0 Å². The zero-order valence-corrected chi connectivity index (χ0v) is 16.8. The summed E-state index contributed by atoms with van der Waals surface area (Å²) >= 11 is 6.14. The van der Waals surface area contributed by atoms with E-state index >= 15 is 0 Å². The highest BCUT2D eigenvalue weighted by Gasteiger charge is 2.24. The van der Waals surface area contributed by atoms with Crippen LogP contribution in [0, 0.1) is 5.92 Å². The van der Waals surface area contributed by atoms with Gasteiger partial charge < -0.3 is 20.4 Å². The quantitative estimate of drug-likeness (QED) is 0.611. The first-order valence-corrected chi connectivity index (χ1v) is 10.3. The molecule has 0 spiro atoms. The minimum absolute atomic E-state index is 0.417. The van der Waals surface area contributed by atoms with E-state index in [0.717, 1.165) is 50.1 Å². The molecule has 26 heavy (non-hydrogen) atoms. The van der Waals surface area contributed by atoms with Crippen LogP contribution in [0.1, 0.15) is 26.2 Å². The fourth-order valence-electron chi connectivity index (χ4n) is 3.94. The van der Waals surface area contributed by atoms with Gasteiger partial charge in [0.2, 0.25) is 0 Å². The van der Waals surface area contributed by atoms with Gasteiger partial charge in [0, 0.05) is 49.5 Å². The summed E-state index contributed by atoms with van der Waals surface area (Å²) < 4.78 is 0. The molecule has 2 N–H and O–H groups in total. The van der Waals surface area contributed by atoms with Gasteiger partial charge >= 0.3 is 0 Å². The van der Waals surface area contributed by atoms with E-state index in [1.807, 2.05) is 18.2 Å². The Balaban J connectivity index is 1.53. The number of halogens is 1. The molecule has 6 heteroatoms. The monoisotopic (exact) mass is 377 g/mol. The molecular weight excluding hydrogens is 346 g/mol. The second-order valence-corrected chi connectivity index (χ2v) is 7.98. The lowest BCUT2D eigenvalue weighted by Gasteiger charge is -2.29. The zero-order valence-electron chi connectivity index (χ0n) is 16.0. The van der Waals surface area contributed by atoms with Crippen LogP contribution >= 0.6 is 11.6 Å². The van der Waals surface area contributed by atoms with Gasteiger partial charge in [-0.15, -0.1) is 0 Å². The van der Waals surface area contributed by atoms with Crippen molar-refractivity contribution in [1.82, 2.24) is 15.5 Å². The Morgan fingerprint density at radius 2 is 2.15 bits per heavy atom. The highest BCUT2D eigenvalue weighted by molar-refractivity contribution is 6.30. The minimum Gasteiger partial charge on any atom is -0.369 e. The van der Waals surface area contributed by atoms with Gasteiger partial charge in [0.05, 0.1) is 0 Å². The normalized spacial score (nSPS) is 24.7. The Bertz CT molecular complexity index is 606. The molecule has 2 aliphatic rings. The van der Waals surface area contributed by atoms with E-state index in [2.05, 4.69) is 40.5 Å². The maximum Gasteiger partial charge on any atom is 0.191 e. The lowest BCUT2D eigenvalue weighted by atomic mass is 9.99. The number of hydrogen-bond acceptors (Lipinski definition) is 3. The van der Waals surface area contributed by atoms with Gasteiger partial charge in [0.1, 0.15) is 0 Å². The summed E-state index contributed by atoms with van der Waals surface area (Å²) in [4.78, 5) is 9.69. The molecular formula is C20H32ClN5. The number of piperidine rings is 1. The number of nitrogens with one attached hydrogen (secondary N) is 2. The average molecular weight is 378 g/mol. The van der Waals surface area contributed by atoms with Gasteiger partial charge in [0.15, 0.2) is 5.96 Å². The number of anilines is 1. The van der Waals surface area contributed by atoms with Crippen LogP contribution in [0.15, 0.2) is 29.3 Å². The summed E-state index contributed by atoms with van der Waals surface area (Å²) in [7, 11) is 2.21. The first-order chi connectivity index (χ1) is 12.6. The maximum atomic E-state index is 6.14. The van der Waals surface area contributed by atoms with Crippen LogP contribution in [0.3, 0.4) is 0 Å². The van der Waals surface area contributed by atoms with E-state index in [4.69, 9.17) is 16.6 Å². The van der Waals surface area contributed by atoms with E-state index in [1.165, 1.54) is 25.1 Å². The van der Waals surface area contributed by atoms with Gasteiger partial charge in [-0.05, 0) is 63.9 Å². The topological polar surface area (TPSA) is 42.9 Å². The van der Waals surface area contributed by atoms with Crippen LogP contribution in [-0.2, 0) is 0 Å². The SMILES string of the molecule is CCNC(=NCC1CCCN(C)C1)NC1CCN(c2cccc(Cl)c2)C1. The molecule has 5 nitrogen and oxygen atoms in total. The molecule has 0 aromatic heterocycles. The third-order valence-electron chi connectivity index (χ3n) is 5.28. The summed E-state index contributed by atoms with van der Waals surface area (Å²) in [5, 5.41) is 7.84. The van der Waals surface area contributed by atoms with Gasteiger partial charge in [-0.1, -0.05) is 17.7 Å². The molecule has 3 rings (SSSR count). The lowest BCUT2D eigenvalue weighted by Crippen LogP contribution is -2.45. The molecule has 1 aromatic rings. The molecule has 0 radical (unpaired) electrons. The smallest absolute Gasteiger partial charge is 0.191 e. The van der Waals surface area contributed by atoms with Gasteiger partial charge in [-0.2, -0.15) is 0 Å². The molecule has 2 unspecified atom stereocenters.